The van der Waals surface area contributed by atoms with Crippen molar-refractivity contribution in [3.05, 3.63) is 23.8 Å². The molecule has 1 heterocycles. The molecule has 1 aliphatic heterocycles. The van der Waals surface area contributed by atoms with Crippen LogP contribution in [0.1, 0.15) is 18.9 Å². The standard InChI is InChI=1S/C11H14NO/c1-2-13-10-7-3-5-9-6-4-8-12-11(9)10/h3,5,7H,2,4,6,8H2,1H3. The highest BCUT2D eigenvalue weighted by atomic mass is 16.5. The molecule has 0 fully saturated rings. The first kappa shape index (κ1) is 8.42. The minimum atomic E-state index is 0.714. The number of rotatable bonds is 2. The molecule has 1 radical (unpaired) electrons. The highest BCUT2D eigenvalue weighted by Crippen LogP contribution is 2.31. The summed E-state index contributed by atoms with van der Waals surface area (Å²) in [5.41, 5.74) is 2.41. The molecule has 2 nitrogen and oxygen atoms in total. The van der Waals surface area contributed by atoms with Crippen LogP contribution in [0.5, 0.6) is 5.75 Å². The van der Waals surface area contributed by atoms with Crippen molar-refractivity contribution >= 4 is 5.69 Å². The first-order valence-corrected chi connectivity index (χ1v) is 4.84. The first-order chi connectivity index (χ1) is 6.42. The second kappa shape index (κ2) is 3.69. The molecule has 1 aromatic rings. The Morgan fingerprint density at radius 1 is 1.46 bits per heavy atom. The van der Waals surface area contributed by atoms with Gasteiger partial charge in [0.05, 0.1) is 6.61 Å². The maximum atomic E-state index is 5.51. The summed E-state index contributed by atoms with van der Waals surface area (Å²) in [6.45, 7) is 3.66. The van der Waals surface area contributed by atoms with Gasteiger partial charge in [-0.3, -0.25) is 5.32 Å². The van der Waals surface area contributed by atoms with Crippen LogP contribution in [0.2, 0.25) is 0 Å². The largest absolute Gasteiger partial charge is 0.492 e. The number of ether oxygens (including phenoxy) is 1. The zero-order valence-electron chi connectivity index (χ0n) is 7.92. The number of benzene rings is 1. The van der Waals surface area contributed by atoms with Gasteiger partial charge in [-0.15, -0.1) is 0 Å². The molecule has 1 aliphatic rings. The van der Waals surface area contributed by atoms with Crippen molar-refractivity contribution in [2.24, 2.45) is 0 Å². The van der Waals surface area contributed by atoms with Crippen LogP contribution in [0.25, 0.3) is 0 Å². The predicted molar refractivity (Wildman–Crippen MR) is 52.6 cm³/mol. The van der Waals surface area contributed by atoms with Crippen LogP contribution < -0.4 is 10.1 Å². The number of aryl methyl sites for hydroxylation is 1. The molecule has 0 N–H and O–H groups in total. The number of nitrogens with zero attached hydrogens (tertiary/aromatic N) is 1. The highest BCUT2D eigenvalue weighted by molar-refractivity contribution is 5.57. The molecular formula is C11H14NO. The van der Waals surface area contributed by atoms with Gasteiger partial charge in [0.15, 0.2) is 0 Å². The van der Waals surface area contributed by atoms with Crippen LogP contribution >= 0.6 is 0 Å². The van der Waals surface area contributed by atoms with Crippen LogP contribution in [0.4, 0.5) is 5.69 Å². The van der Waals surface area contributed by atoms with Gasteiger partial charge in [-0.2, -0.15) is 0 Å². The number of para-hydroxylation sites is 1. The van der Waals surface area contributed by atoms with E-state index in [0.717, 1.165) is 24.4 Å². The zero-order valence-corrected chi connectivity index (χ0v) is 7.92. The number of hydrogen-bond donors (Lipinski definition) is 0. The molecule has 2 rings (SSSR count). The van der Waals surface area contributed by atoms with Gasteiger partial charge in [-0.05, 0) is 31.4 Å². The van der Waals surface area contributed by atoms with Crippen molar-refractivity contribution in [3.8, 4) is 5.75 Å². The average Bonchev–Trinajstić information content (AvgIpc) is 2.19. The summed E-state index contributed by atoms with van der Waals surface area (Å²) in [5, 5.41) is 4.49. The predicted octanol–water partition coefficient (Wildman–Crippen LogP) is 2.27. The maximum absolute atomic E-state index is 5.51. The minimum absolute atomic E-state index is 0.714. The third-order valence-corrected chi connectivity index (χ3v) is 2.26. The van der Waals surface area contributed by atoms with Gasteiger partial charge < -0.3 is 4.74 Å². The molecule has 2 heteroatoms. The van der Waals surface area contributed by atoms with E-state index in [4.69, 9.17) is 4.74 Å². The first-order valence-electron chi connectivity index (χ1n) is 4.84. The molecule has 69 valence electrons. The van der Waals surface area contributed by atoms with Crippen LogP contribution in [0.3, 0.4) is 0 Å². The number of fused-ring (bicyclic) bond motifs is 1. The van der Waals surface area contributed by atoms with E-state index in [9.17, 15) is 0 Å². The second-order valence-corrected chi connectivity index (χ2v) is 3.18. The molecular weight excluding hydrogens is 162 g/mol. The number of hydrogen-bond acceptors (Lipinski definition) is 1. The Labute approximate surface area is 78.9 Å². The van der Waals surface area contributed by atoms with Crippen molar-refractivity contribution in [1.82, 2.24) is 5.32 Å². The summed E-state index contributed by atoms with van der Waals surface area (Å²) in [4.78, 5) is 0. The molecule has 0 atom stereocenters. The quantitative estimate of drug-likeness (QED) is 0.678. The maximum Gasteiger partial charge on any atom is 0.144 e. The highest BCUT2D eigenvalue weighted by Gasteiger charge is 2.13. The van der Waals surface area contributed by atoms with E-state index >= 15 is 0 Å². The smallest absolute Gasteiger partial charge is 0.144 e. The second-order valence-electron chi connectivity index (χ2n) is 3.18. The Bertz CT molecular complexity index is 296. The van der Waals surface area contributed by atoms with E-state index < -0.39 is 0 Å². The van der Waals surface area contributed by atoms with Crippen molar-refractivity contribution in [3.63, 3.8) is 0 Å². The molecule has 0 amide bonds. The molecule has 0 aliphatic carbocycles. The fraction of sp³-hybridized carbons (Fsp3) is 0.455. The summed E-state index contributed by atoms with van der Waals surface area (Å²) in [5.74, 6) is 0.944. The SMILES string of the molecule is CCOc1cccc2c1[N]CCC2. The Kier molecular flexibility index (Phi) is 2.39. The lowest BCUT2D eigenvalue weighted by Gasteiger charge is -2.18. The van der Waals surface area contributed by atoms with Gasteiger partial charge in [0.1, 0.15) is 11.4 Å². The third kappa shape index (κ3) is 1.62. The summed E-state index contributed by atoms with van der Waals surface area (Å²) in [6.07, 6.45) is 2.31. The molecule has 0 bridgehead atoms. The van der Waals surface area contributed by atoms with Crippen molar-refractivity contribution in [2.45, 2.75) is 19.8 Å². The van der Waals surface area contributed by atoms with Gasteiger partial charge in [-0.25, -0.2) is 0 Å². The van der Waals surface area contributed by atoms with Gasteiger partial charge >= 0.3 is 0 Å². The molecule has 0 aromatic heterocycles. The van der Waals surface area contributed by atoms with Crippen molar-refractivity contribution in [2.75, 3.05) is 13.2 Å². The lowest BCUT2D eigenvalue weighted by atomic mass is 10.0. The van der Waals surface area contributed by atoms with E-state index in [0.29, 0.717) is 6.61 Å². The topological polar surface area (TPSA) is 23.3 Å². The summed E-state index contributed by atoms with van der Waals surface area (Å²) in [7, 11) is 0. The van der Waals surface area contributed by atoms with Crippen LogP contribution in [-0.4, -0.2) is 13.2 Å². The lowest BCUT2D eigenvalue weighted by Crippen LogP contribution is -2.12. The Morgan fingerprint density at radius 3 is 3.23 bits per heavy atom. The normalized spacial score (nSPS) is 14.5. The van der Waals surface area contributed by atoms with Gasteiger partial charge in [0.25, 0.3) is 0 Å². The minimum Gasteiger partial charge on any atom is -0.492 e. The monoisotopic (exact) mass is 176 g/mol. The van der Waals surface area contributed by atoms with Crippen molar-refractivity contribution < 1.29 is 4.74 Å². The van der Waals surface area contributed by atoms with Crippen LogP contribution in [-0.2, 0) is 6.42 Å². The summed E-state index contributed by atoms with van der Waals surface area (Å²) >= 11 is 0. The van der Waals surface area contributed by atoms with E-state index in [1.165, 1.54) is 12.0 Å². The Hall–Kier alpha value is -1.18. The van der Waals surface area contributed by atoms with Gasteiger partial charge in [-0.1, -0.05) is 12.1 Å². The molecule has 0 unspecified atom stereocenters. The molecule has 1 aromatic carbocycles. The zero-order chi connectivity index (χ0) is 9.10. The van der Waals surface area contributed by atoms with E-state index in [1.54, 1.807) is 0 Å². The van der Waals surface area contributed by atoms with Gasteiger partial charge in [0, 0.05) is 6.54 Å². The van der Waals surface area contributed by atoms with Gasteiger partial charge in [0.2, 0.25) is 0 Å². The van der Waals surface area contributed by atoms with Crippen LogP contribution in [0, 0.1) is 0 Å². The van der Waals surface area contributed by atoms with Crippen molar-refractivity contribution in [1.29, 1.82) is 0 Å². The Morgan fingerprint density at radius 2 is 2.38 bits per heavy atom. The van der Waals surface area contributed by atoms with E-state index in [1.807, 2.05) is 19.1 Å². The summed E-state index contributed by atoms with van der Waals surface area (Å²) in [6, 6.07) is 6.18. The average molecular weight is 176 g/mol. The molecule has 0 spiro atoms. The van der Waals surface area contributed by atoms with E-state index in [-0.39, 0.29) is 0 Å². The molecule has 0 saturated heterocycles. The molecule has 0 saturated carbocycles. The molecule has 13 heavy (non-hydrogen) atoms. The van der Waals surface area contributed by atoms with E-state index in [2.05, 4.69) is 11.4 Å². The summed E-state index contributed by atoms with van der Waals surface area (Å²) < 4.78 is 5.51. The Balaban J connectivity index is 2.34. The fourth-order valence-electron chi connectivity index (χ4n) is 1.68. The third-order valence-electron chi connectivity index (χ3n) is 2.26. The van der Waals surface area contributed by atoms with Crippen LogP contribution in [0.15, 0.2) is 18.2 Å². The lowest BCUT2D eigenvalue weighted by molar-refractivity contribution is 0.338. The fourth-order valence-corrected chi connectivity index (χ4v) is 1.68.